The number of nitrogen functional groups attached to an aromatic ring is 1. The number of nitrogens with one attached hydrogen (secondary N) is 1. The Hall–Kier alpha value is -1.26. The van der Waals surface area contributed by atoms with E-state index in [9.17, 15) is 4.79 Å². The van der Waals surface area contributed by atoms with Crippen LogP contribution in [0.1, 0.15) is 32.6 Å². The summed E-state index contributed by atoms with van der Waals surface area (Å²) in [7, 11) is 0. The molecule has 3 N–H and O–H groups in total. The molecule has 110 valence electrons. The fraction of sp³-hybridized carbons (Fsp3) is 0.533. The Balaban J connectivity index is 1.73. The lowest BCUT2D eigenvalue weighted by Crippen LogP contribution is -2.28. The van der Waals surface area contributed by atoms with Gasteiger partial charge < -0.3 is 16.0 Å². The van der Waals surface area contributed by atoms with Gasteiger partial charge in [-0.05, 0) is 57.5 Å². The fourth-order valence-corrected chi connectivity index (χ4v) is 2.73. The molecule has 0 aromatic heterocycles. The van der Waals surface area contributed by atoms with E-state index in [-0.39, 0.29) is 5.91 Å². The lowest BCUT2D eigenvalue weighted by molar-refractivity contribution is -0.116. The number of carbonyl (C=O) groups is 1. The maximum Gasteiger partial charge on any atom is 0.224 e. The fourth-order valence-electron chi connectivity index (χ4n) is 2.61. The number of hydrogen-bond acceptors (Lipinski definition) is 3. The predicted molar refractivity (Wildman–Crippen MR) is 84.0 cm³/mol. The summed E-state index contributed by atoms with van der Waals surface area (Å²) >= 11 is 5.84. The standard InChI is InChI=1S/C15H22ClN3O/c1-11-4-2-8-19(11)9-3-5-15(20)18-12-6-7-13(16)14(17)10-12/h6-7,10-11H,2-5,8-9,17H2,1H3,(H,18,20). The molecule has 20 heavy (non-hydrogen) atoms. The van der Waals surface area contributed by atoms with Crippen molar-refractivity contribution >= 4 is 28.9 Å². The summed E-state index contributed by atoms with van der Waals surface area (Å²) in [5.41, 5.74) is 6.89. The number of hydrogen-bond donors (Lipinski definition) is 2. The van der Waals surface area contributed by atoms with Gasteiger partial charge in [0, 0.05) is 18.2 Å². The molecule has 1 aromatic rings. The summed E-state index contributed by atoms with van der Waals surface area (Å²) in [6, 6.07) is 5.80. The third kappa shape index (κ3) is 4.12. The molecule has 1 saturated heterocycles. The molecule has 1 aliphatic rings. The molecule has 1 heterocycles. The minimum Gasteiger partial charge on any atom is -0.397 e. The Morgan fingerprint density at radius 3 is 3.00 bits per heavy atom. The maximum absolute atomic E-state index is 11.9. The van der Waals surface area contributed by atoms with E-state index in [2.05, 4.69) is 17.1 Å². The number of carbonyl (C=O) groups excluding carboxylic acids is 1. The summed E-state index contributed by atoms with van der Waals surface area (Å²) < 4.78 is 0. The quantitative estimate of drug-likeness (QED) is 0.821. The van der Waals surface area contributed by atoms with E-state index in [4.69, 9.17) is 17.3 Å². The van der Waals surface area contributed by atoms with Gasteiger partial charge in [-0.2, -0.15) is 0 Å². The van der Waals surface area contributed by atoms with Crippen LogP contribution in [0.5, 0.6) is 0 Å². The summed E-state index contributed by atoms with van der Waals surface area (Å²) in [6.45, 7) is 4.41. The zero-order valence-electron chi connectivity index (χ0n) is 11.9. The number of anilines is 2. The molecule has 1 aromatic carbocycles. The second kappa shape index (κ2) is 6.95. The van der Waals surface area contributed by atoms with Crippen LogP contribution in [0.15, 0.2) is 18.2 Å². The van der Waals surface area contributed by atoms with Crippen LogP contribution in [0, 0.1) is 0 Å². The first kappa shape index (κ1) is 15.1. The number of halogens is 1. The minimum absolute atomic E-state index is 0.0265. The molecule has 1 amide bonds. The Labute approximate surface area is 125 Å². The van der Waals surface area contributed by atoms with Crippen LogP contribution < -0.4 is 11.1 Å². The number of nitrogens with zero attached hydrogens (tertiary/aromatic N) is 1. The van der Waals surface area contributed by atoms with Crippen molar-refractivity contribution in [2.24, 2.45) is 0 Å². The molecule has 0 spiro atoms. The predicted octanol–water partition coefficient (Wildman–Crippen LogP) is 3.13. The van der Waals surface area contributed by atoms with Crippen molar-refractivity contribution in [1.29, 1.82) is 0 Å². The van der Waals surface area contributed by atoms with Crippen molar-refractivity contribution in [3.05, 3.63) is 23.2 Å². The highest BCUT2D eigenvalue weighted by atomic mass is 35.5. The Morgan fingerprint density at radius 1 is 1.55 bits per heavy atom. The molecule has 0 bridgehead atoms. The van der Waals surface area contributed by atoms with Crippen molar-refractivity contribution in [2.75, 3.05) is 24.1 Å². The highest BCUT2D eigenvalue weighted by Crippen LogP contribution is 2.22. The van der Waals surface area contributed by atoms with Gasteiger partial charge in [0.2, 0.25) is 5.91 Å². The van der Waals surface area contributed by atoms with E-state index in [1.165, 1.54) is 12.8 Å². The van der Waals surface area contributed by atoms with Crippen LogP contribution in [0.2, 0.25) is 5.02 Å². The number of rotatable bonds is 5. The van der Waals surface area contributed by atoms with Crippen LogP contribution in [0.25, 0.3) is 0 Å². The summed E-state index contributed by atoms with van der Waals surface area (Å²) in [6.07, 6.45) is 3.97. The van der Waals surface area contributed by atoms with Crippen molar-refractivity contribution in [3.8, 4) is 0 Å². The van der Waals surface area contributed by atoms with E-state index >= 15 is 0 Å². The lowest BCUT2D eigenvalue weighted by atomic mass is 10.2. The minimum atomic E-state index is 0.0265. The molecular formula is C15H22ClN3O. The molecule has 0 saturated carbocycles. The molecule has 1 fully saturated rings. The van der Waals surface area contributed by atoms with E-state index in [1.807, 2.05) is 0 Å². The van der Waals surface area contributed by atoms with Gasteiger partial charge in [-0.15, -0.1) is 0 Å². The third-order valence-corrected chi connectivity index (χ3v) is 4.16. The highest BCUT2D eigenvalue weighted by Gasteiger charge is 2.19. The second-order valence-corrected chi connectivity index (χ2v) is 5.82. The van der Waals surface area contributed by atoms with Gasteiger partial charge in [-0.3, -0.25) is 4.79 Å². The van der Waals surface area contributed by atoms with Gasteiger partial charge in [-0.25, -0.2) is 0 Å². The van der Waals surface area contributed by atoms with Crippen LogP contribution >= 0.6 is 11.6 Å². The Morgan fingerprint density at radius 2 is 2.35 bits per heavy atom. The largest absolute Gasteiger partial charge is 0.397 e. The van der Waals surface area contributed by atoms with Crippen LogP contribution in [0.3, 0.4) is 0 Å². The van der Waals surface area contributed by atoms with Gasteiger partial charge in [0.25, 0.3) is 0 Å². The molecule has 1 atom stereocenters. The van der Waals surface area contributed by atoms with E-state index < -0.39 is 0 Å². The Bertz CT molecular complexity index is 478. The van der Waals surface area contributed by atoms with E-state index in [1.54, 1.807) is 18.2 Å². The summed E-state index contributed by atoms with van der Waals surface area (Å²) in [5, 5.41) is 3.36. The summed E-state index contributed by atoms with van der Waals surface area (Å²) in [4.78, 5) is 14.3. The SMILES string of the molecule is CC1CCCN1CCCC(=O)Nc1ccc(Cl)c(N)c1. The van der Waals surface area contributed by atoms with Gasteiger partial charge in [0.1, 0.15) is 0 Å². The highest BCUT2D eigenvalue weighted by molar-refractivity contribution is 6.33. The first-order chi connectivity index (χ1) is 9.56. The van der Waals surface area contributed by atoms with Crippen molar-refractivity contribution in [1.82, 2.24) is 4.90 Å². The smallest absolute Gasteiger partial charge is 0.224 e. The van der Waals surface area contributed by atoms with Crippen molar-refractivity contribution in [3.63, 3.8) is 0 Å². The van der Waals surface area contributed by atoms with Crippen molar-refractivity contribution < 1.29 is 4.79 Å². The zero-order chi connectivity index (χ0) is 14.5. The summed E-state index contributed by atoms with van der Waals surface area (Å²) in [5.74, 6) is 0.0265. The van der Waals surface area contributed by atoms with E-state index in [0.29, 0.717) is 28.9 Å². The normalized spacial score (nSPS) is 19.2. The van der Waals surface area contributed by atoms with E-state index in [0.717, 1.165) is 19.5 Å². The topological polar surface area (TPSA) is 58.4 Å². The first-order valence-electron chi connectivity index (χ1n) is 7.15. The van der Waals surface area contributed by atoms with Gasteiger partial charge in [0.15, 0.2) is 0 Å². The van der Waals surface area contributed by atoms with Crippen LogP contribution in [-0.2, 0) is 4.79 Å². The average molecular weight is 296 g/mol. The molecule has 2 rings (SSSR count). The molecule has 5 heteroatoms. The number of nitrogens with two attached hydrogens (primary N) is 1. The maximum atomic E-state index is 11.9. The molecule has 1 aliphatic heterocycles. The van der Waals surface area contributed by atoms with Crippen LogP contribution in [-0.4, -0.2) is 29.9 Å². The first-order valence-corrected chi connectivity index (χ1v) is 7.53. The second-order valence-electron chi connectivity index (χ2n) is 5.42. The molecule has 0 aliphatic carbocycles. The lowest BCUT2D eigenvalue weighted by Gasteiger charge is -2.20. The van der Waals surface area contributed by atoms with Gasteiger partial charge in [0.05, 0.1) is 10.7 Å². The average Bonchev–Trinajstić information content (AvgIpc) is 2.80. The number of amides is 1. The molecule has 1 unspecified atom stereocenters. The van der Waals surface area contributed by atoms with Crippen LogP contribution in [0.4, 0.5) is 11.4 Å². The molecule has 4 nitrogen and oxygen atoms in total. The number of benzene rings is 1. The third-order valence-electron chi connectivity index (χ3n) is 3.82. The Kier molecular flexibility index (Phi) is 5.26. The van der Waals surface area contributed by atoms with Gasteiger partial charge >= 0.3 is 0 Å². The van der Waals surface area contributed by atoms with Crippen molar-refractivity contribution in [2.45, 2.75) is 38.6 Å². The number of likely N-dealkylation sites (tertiary alicyclic amines) is 1. The zero-order valence-corrected chi connectivity index (χ0v) is 12.6. The monoisotopic (exact) mass is 295 g/mol. The van der Waals surface area contributed by atoms with Gasteiger partial charge in [-0.1, -0.05) is 11.6 Å². The molecular weight excluding hydrogens is 274 g/mol. The molecule has 0 radical (unpaired) electrons.